The maximum atomic E-state index is 13.5. The quantitative estimate of drug-likeness (QED) is 0.826. The summed E-state index contributed by atoms with van der Waals surface area (Å²) in [6.45, 7) is 6.42. The summed E-state index contributed by atoms with van der Waals surface area (Å²) in [4.78, 5) is 32.4. The van der Waals surface area contributed by atoms with Crippen LogP contribution in [0.2, 0.25) is 0 Å². The third-order valence-electron chi connectivity index (χ3n) is 6.16. The number of likely N-dealkylation sites (tertiary alicyclic amines) is 2. The highest BCUT2D eigenvalue weighted by Crippen LogP contribution is 2.29. The molecule has 2 amide bonds. The lowest BCUT2D eigenvalue weighted by Gasteiger charge is -2.36. The van der Waals surface area contributed by atoms with E-state index in [0.717, 1.165) is 64.1 Å². The molecule has 3 heterocycles. The van der Waals surface area contributed by atoms with Gasteiger partial charge in [0, 0.05) is 58.3 Å². The number of amides is 2. The molecule has 1 aromatic rings. The Kier molecular flexibility index (Phi) is 7.32. The molecule has 28 heavy (non-hydrogen) atoms. The first-order valence-electron chi connectivity index (χ1n) is 10.3. The summed E-state index contributed by atoms with van der Waals surface area (Å²) in [7, 11) is 0. The van der Waals surface area contributed by atoms with Crippen LogP contribution in [0.3, 0.4) is 0 Å². The second-order valence-electron chi connectivity index (χ2n) is 7.87. The Morgan fingerprint density at radius 3 is 2.50 bits per heavy atom. The first-order valence-corrected chi connectivity index (χ1v) is 10.3. The first kappa shape index (κ1) is 21.1. The number of hydrogen-bond acceptors (Lipinski definition) is 4. The number of nitrogens with one attached hydrogen (secondary N) is 1. The van der Waals surface area contributed by atoms with Gasteiger partial charge in [-0.25, -0.2) is 0 Å². The Morgan fingerprint density at radius 1 is 1.04 bits per heavy atom. The third kappa shape index (κ3) is 4.50. The van der Waals surface area contributed by atoms with Crippen LogP contribution in [-0.2, 0) is 9.59 Å². The second kappa shape index (κ2) is 9.72. The first-order chi connectivity index (χ1) is 13.2. The molecular formula is C21H31ClN4O2. The normalized spacial score (nSPS) is 24.7. The van der Waals surface area contributed by atoms with Crippen LogP contribution >= 0.6 is 12.4 Å². The molecule has 0 aromatic heterocycles. The summed E-state index contributed by atoms with van der Waals surface area (Å²) in [5.74, 6) is 0.204. The van der Waals surface area contributed by atoms with Crippen LogP contribution in [0.5, 0.6) is 0 Å². The van der Waals surface area contributed by atoms with Crippen LogP contribution in [0.1, 0.15) is 37.3 Å². The minimum atomic E-state index is -0.472. The van der Waals surface area contributed by atoms with Crippen LogP contribution in [0.25, 0.3) is 0 Å². The van der Waals surface area contributed by atoms with Crippen molar-refractivity contribution in [2.45, 2.75) is 37.8 Å². The van der Waals surface area contributed by atoms with Crippen molar-refractivity contribution in [2.75, 3.05) is 45.8 Å². The summed E-state index contributed by atoms with van der Waals surface area (Å²) in [5, 5.41) is 3.39. The van der Waals surface area contributed by atoms with Crippen molar-refractivity contribution in [3.63, 3.8) is 0 Å². The Morgan fingerprint density at radius 2 is 1.79 bits per heavy atom. The summed E-state index contributed by atoms with van der Waals surface area (Å²) >= 11 is 0. The number of hydrogen-bond donors (Lipinski definition) is 1. The van der Waals surface area contributed by atoms with Gasteiger partial charge in [-0.2, -0.15) is 0 Å². The van der Waals surface area contributed by atoms with Gasteiger partial charge in [0.05, 0.1) is 0 Å². The third-order valence-corrected chi connectivity index (χ3v) is 6.16. The number of benzene rings is 1. The van der Waals surface area contributed by atoms with E-state index in [9.17, 15) is 9.59 Å². The molecule has 1 aromatic carbocycles. The highest BCUT2D eigenvalue weighted by molar-refractivity contribution is 5.89. The largest absolute Gasteiger partial charge is 0.339 e. The van der Waals surface area contributed by atoms with Gasteiger partial charge in [-0.15, -0.1) is 12.4 Å². The molecule has 3 aliphatic rings. The summed E-state index contributed by atoms with van der Waals surface area (Å²) in [5.41, 5.74) is 0.934. The molecule has 2 atom stereocenters. The highest BCUT2D eigenvalue weighted by Gasteiger charge is 2.38. The molecule has 6 nitrogen and oxygen atoms in total. The Bertz CT molecular complexity index is 666. The van der Waals surface area contributed by atoms with Gasteiger partial charge in [-0.05, 0) is 24.8 Å². The van der Waals surface area contributed by atoms with E-state index in [1.807, 2.05) is 40.1 Å². The molecule has 4 rings (SSSR count). The van der Waals surface area contributed by atoms with Gasteiger partial charge < -0.3 is 15.1 Å². The van der Waals surface area contributed by atoms with E-state index in [2.05, 4.69) is 10.2 Å². The Hall–Kier alpha value is -1.63. The van der Waals surface area contributed by atoms with Crippen molar-refractivity contribution >= 4 is 24.2 Å². The molecule has 0 bridgehead atoms. The molecule has 3 fully saturated rings. The molecule has 0 radical (unpaired) electrons. The lowest BCUT2D eigenvalue weighted by molar-refractivity contribution is -0.147. The lowest BCUT2D eigenvalue weighted by Crippen LogP contribution is -2.50. The van der Waals surface area contributed by atoms with Crippen LogP contribution in [0, 0.1) is 0 Å². The lowest BCUT2D eigenvalue weighted by atomic mass is 10.00. The fourth-order valence-corrected chi connectivity index (χ4v) is 4.65. The summed E-state index contributed by atoms with van der Waals surface area (Å²) in [6.07, 6.45) is 3.49. The van der Waals surface area contributed by atoms with Gasteiger partial charge in [0.25, 0.3) is 0 Å². The van der Waals surface area contributed by atoms with E-state index in [1.165, 1.54) is 0 Å². The standard InChI is InChI=1S/C21H30N4O2.ClH/c26-19-8-4-5-12-25(19)20(17-6-2-1-3-7-17)21(27)24-13-9-18(16-24)23-14-10-22-11-15-23;/h1-3,6-7,18,20,22H,4-5,8-16H2;1H. The number of halogens is 1. The maximum Gasteiger partial charge on any atom is 0.250 e. The van der Waals surface area contributed by atoms with E-state index in [4.69, 9.17) is 0 Å². The van der Waals surface area contributed by atoms with Gasteiger partial charge in [0.15, 0.2) is 0 Å². The van der Waals surface area contributed by atoms with Gasteiger partial charge in [0.2, 0.25) is 11.8 Å². The molecule has 0 saturated carbocycles. The average Bonchev–Trinajstić information content (AvgIpc) is 3.21. The summed E-state index contributed by atoms with van der Waals surface area (Å²) in [6, 6.07) is 9.81. The molecule has 1 N–H and O–H groups in total. The second-order valence-corrected chi connectivity index (χ2v) is 7.87. The summed E-state index contributed by atoms with van der Waals surface area (Å²) < 4.78 is 0. The number of carbonyl (C=O) groups excluding carboxylic acids is 2. The highest BCUT2D eigenvalue weighted by atomic mass is 35.5. The van der Waals surface area contributed by atoms with Crippen molar-refractivity contribution in [1.82, 2.24) is 20.0 Å². The van der Waals surface area contributed by atoms with E-state index in [-0.39, 0.29) is 24.2 Å². The molecule has 0 spiro atoms. The average molecular weight is 407 g/mol. The Labute approximate surface area is 173 Å². The molecule has 3 saturated heterocycles. The molecule has 0 aliphatic carbocycles. The van der Waals surface area contributed by atoms with E-state index < -0.39 is 6.04 Å². The van der Waals surface area contributed by atoms with Crippen LogP contribution in [0.4, 0.5) is 0 Å². The van der Waals surface area contributed by atoms with Crippen LogP contribution < -0.4 is 5.32 Å². The van der Waals surface area contributed by atoms with E-state index in [1.54, 1.807) is 0 Å². The molecule has 3 aliphatic heterocycles. The maximum absolute atomic E-state index is 13.5. The molecule has 7 heteroatoms. The predicted molar refractivity (Wildman–Crippen MR) is 111 cm³/mol. The molecule has 154 valence electrons. The fraction of sp³-hybridized carbons (Fsp3) is 0.619. The predicted octanol–water partition coefficient (Wildman–Crippen LogP) is 1.67. The minimum absolute atomic E-state index is 0. The van der Waals surface area contributed by atoms with Gasteiger partial charge in [-0.1, -0.05) is 30.3 Å². The van der Waals surface area contributed by atoms with Gasteiger partial charge in [0.1, 0.15) is 6.04 Å². The number of carbonyl (C=O) groups is 2. The number of nitrogens with zero attached hydrogens (tertiary/aromatic N) is 3. The van der Waals surface area contributed by atoms with E-state index >= 15 is 0 Å². The monoisotopic (exact) mass is 406 g/mol. The van der Waals surface area contributed by atoms with Crippen molar-refractivity contribution in [3.8, 4) is 0 Å². The van der Waals surface area contributed by atoms with Gasteiger partial charge in [-0.3, -0.25) is 14.5 Å². The van der Waals surface area contributed by atoms with Crippen LogP contribution in [-0.4, -0.2) is 78.4 Å². The smallest absolute Gasteiger partial charge is 0.250 e. The zero-order chi connectivity index (χ0) is 18.6. The number of piperidine rings is 1. The van der Waals surface area contributed by atoms with Crippen molar-refractivity contribution in [3.05, 3.63) is 35.9 Å². The van der Waals surface area contributed by atoms with Crippen molar-refractivity contribution < 1.29 is 9.59 Å². The minimum Gasteiger partial charge on any atom is -0.339 e. The van der Waals surface area contributed by atoms with Crippen molar-refractivity contribution in [1.29, 1.82) is 0 Å². The zero-order valence-electron chi connectivity index (χ0n) is 16.4. The molecular weight excluding hydrogens is 376 g/mol. The number of piperazine rings is 1. The van der Waals surface area contributed by atoms with E-state index in [0.29, 0.717) is 19.0 Å². The Balaban J connectivity index is 0.00000225. The van der Waals surface area contributed by atoms with Gasteiger partial charge >= 0.3 is 0 Å². The van der Waals surface area contributed by atoms with Crippen LogP contribution in [0.15, 0.2) is 30.3 Å². The zero-order valence-corrected chi connectivity index (χ0v) is 17.2. The molecule has 2 unspecified atom stereocenters. The van der Waals surface area contributed by atoms with Crippen molar-refractivity contribution in [2.24, 2.45) is 0 Å². The SMILES string of the molecule is Cl.O=C(C(c1ccccc1)N1CCCCC1=O)N1CCC(N2CCNCC2)C1. The topological polar surface area (TPSA) is 55.9 Å². The fourth-order valence-electron chi connectivity index (χ4n) is 4.65. The number of rotatable bonds is 4.